The molecule has 1 fully saturated rings. The second kappa shape index (κ2) is 11.5. The van der Waals surface area contributed by atoms with Crippen molar-refractivity contribution in [2.45, 2.75) is 58.1 Å². The average Bonchev–Trinajstić information content (AvgIpc) is 2.86. The van der Waals surface area contributed by atoms with E-state index in [1.807, 2.05) is 6.92 Å². The molecule has 1 aliphatic carbocycles. The van der Waals surface area contributed by atoms with Crippen molar-refractivity contribution in [3.8, 4) is 17.0 Å². The molecule has 6 nitrogen and oxygen atoms in total. The smallest absolute Gasteiger partial charge is 0.259 e. The summed E-state index contributed by atoms with van der Waals surface area (Å²) >= 11 is 0. The Labute approximate surface area is 208 Å². The molecule has 1 N–H and O–H groups in total. The van der Waals surface area contributed by atoms with Gasteiger partial charge >= 0.3 is 0 Å². The van der Waals surface area contributed by atoms with Gasteiger partial charge in [0.2, 0.25) is 5.88 Å². The molecular weight excluding hydrogens is 445 g/mol. The number of aromatic nitrogens is 1. The number of ether oxygens (including phenoxy) is 1. The first-order valence-electron chi connectivity index (χ1n) is 12.9. The van der Waals surface area contributed by atoms with Gasteiger partial charge in [-0.15, -0.1) is 0 Å². The van der Waals surface area contributed by atoms with Gasteiger partial charge in [-0.25, -0.2) is 9.37 Å². The molecule has 1 saturated carbocycles. The maximum Gasteiger partial charge on any atom is 0.259 e. The number of aliphatic hydroxyl groups is 1. The lowest BCUT2D eigenvalue weighted by molar-refractivity contribution is 0.0314. The summed E-state index contributed by atoms with van der Waals surface area (Å²) in [5.41, 5.74) is 1.87. The minimum atomic E-state index is -0.328. The molecule has 7 heteroatoms. The molecule has 0 spiro atoms. The Bertz CT molecular complexity index is 993. The number of aliphatic hydroxyl groups excluding tert-OH is 1. The van der Waals surface area contributed by atoms with Crippen molar-refractivity contribution in [2.24, 2.45) is 11.8 Å². The summed E-state index contributed by atoms with van der Waals surface area (Å²) in [7, 11) is 2.15. The van der Waals surface area contributed by atoms with Crippen LogP contribution in [0.5, 0.6) is 5.88 Å². The minimum Gasteiger partial charge on any atom is -0.472 e. The molecule has 0 saturated heterocycles. The Kier molecular flexibility index (Phi) is 8.39. The van der Waals surface area contributed by atoms with E-state index in [2.05, 4.69) is 23.9 Å². The maximum atomic E-state index is 13.6. The van der Waals surface area contributed by atoms with Gasteiger partial charge in [-0.3, -0.25) is 4.79 Å². The van der Waals surface area contributed by atoms with Crippen LogP contribution in [0.25, 0.3) is 11.1 Å². The van der Waals surface area contributed by atoms with Gasteiger partial charge in [0.25, 0.3) is 5.91 Å². The normalized spacial score (nSPS) is 22.3. The number of fused-ring (bicyclic) bond motifs is 1. The second-order valence-electron chi connectivity index (χ2n) is 10.4. The summed E-state index contributed by atoms with van der Waals surface area (Å²) in [6, 6.07) is 7.58. The van der Waals surface area contributed by atoms with E-state index in [0.29, 0.717) is 18.0 Å². The van der Waals surface area contributed by atoms with Crippen molar-refractivity contribution in [2.75, 3.05) is 33.3 Å². The number of pyridine rings is 1. The fraction of sp³-hybridized carbons (Fsp3) is 0.571. The van der Waals surface area contributed by atoms with Crippen LogP contribution in [0.15, 0.2) is 36.5 Å². The summed E-state index contributed by atoms with van der Waals surface area (Å²) in [6.07, 6.45) is 8.09. The molecule has 0 radical (unpaired) electrons. The zero-order valence-corrected chi connectivity index (χ0v) is 21.1. The fourth-order valence-electron chi connectivity index (χ4n) is 5.31. The van der Waals surface area contributed by atoms with Crippen molar-refractivity contribution in [1.82, 2.24) is 14.8 Å². The summed E-state index contributed by atoms with van der Waals surface area (Å²) in [5.74, 6) is 0.587. The van der Waals surface area contributed by atoms with Crippen LogP contribution in [0.3, 0.4) is 0 Å². The predicted molar refractivity (Wildman–Crippen MR) is 135 cm³/mol. The Morgan fingerprint density at radius 2 is 1.89 bits per heavy atom. The summed E-state index contributed by atoms with van der Waals surface area (Å²) < 4.78 is 19.9. The van der Waals surface area contributed by atoms with E-state index < -0.39 is 0 Å². The van der Waals surface area contributed by atoms with Crippen molar-refractivity contribution in [3.63, 3.8) is 0 Å². The fourth-order valence-corrected chi connectivity index (χ4v) is 5.31. The third kappa shape index (κ3) is 6.19. The number of carbonyl (C=O) groups is 1. The number of nitrogens with zero attached hydrogens (tertiary/aromatic N) is 3. The first kappa shape index (κ1) is 25.6. The number of halogens is 1. The Balaban J connectivity index is 1.62. The van der Waals surface area contributed by atoms with Crippen LogP contribution in [0.1, 0.15) is 56.3 Å². The minimum absolute atomic E-state index is 0.0634. The lowest BCUT2D eigenvalue weighted by Crippen LogP contribution is -2.50. The van der Waals surface area contributed by atoms with Crippen molar-refractivity contribution in [3.05, 3.63) is 47.9 Å². The number of benzene rings is 1. The van der Waals surface area contributed by atoms with Crippen LogP contribution in [0, 0.1) is 17.7 Å². The molecule has 0 unspecified atom stereocenters. The number of likely N-dealkylation sites (N-methyl/N-ethyl adjacent to an activating group) is 1. The Morgan fingerprint density at radius 3 is 2.57 bits per heavy atom. The van der Waals surface area contributed by atoms with E-state index in [9.17, 15) is 14.3 Å². The van der Waals surface area contributed by atoms with E-state index in [1.165, 1.54) is 44.2 Å². The van der Waals surface area contributed by atoms with Crippen LogP contribution in [-0.4, -0.2) is 71.2 Å². The lowest BCUT2D eigenvalue weighted by atomic mass is 9.89. The van der Waals surface area contributed by atoms with Gasteiger partial charge in [0, 0.05) is 37.3 Å². The van der Waals surface area contributed by atoms with Crippen molar-refractivity contribution < 1.29 is 19.0 Å². The van der Waals surface area contributed by atoms with Gasteiger partial charge in [0.1, 0.15) is 17.5 Å². The third-order valence-electron chi connectivity index (χ3n) is 7.48. The average molecular weight is 484 g/mol. The Hall–Kier alpha value is -2.51. The van der Waals surface area contributed by atoms with Gasteiger partial charge in [-0.1, -0.05) is 38.3 Å². The summed E-state index contributed by atoms with van der Waals surface area (Å²) in [5, 5.41) is 9.87. The van der Waals surface area contributed by atoms with Gasteiger partial charge < -0.3 is 19.6 Å². The standard InChI is InChI=1S/C28H38FN3O3/c1-19-15-32(20(2)18-33)28(34)25-13-23(22-9-11-24(29)12-10-22)14-30-27(25)35-26(19)17-31(3)16-21-7-5-4-6-8-21/h9-14,19-21,26,33H,4-8,15-18H2,1-3H3/t19-,20+,26+/m1/s1. The van der Waals surface area contributed by atoms with Gasteiger partial charge in [0.05, 0.1) is 12.6 Å². The first-order valence-corrected chi connectivity index (χ1v) is 12.9. The predicted octanol–water partition coefficient (Wildman–Crippen LogP) is 4.62. The molecule has 2 aromatic rings. The number of carbonyl (C=O) groups excluding carboxylic acids is 1. The molecule has 1 aromatic carbocycles. The lowest BCUT2D eigenvalue weighted by Gasteiger charge is -2.38. The van der Waals surface area contributed by atoms with E-state index >= 15 is 0 Å². The molecule has 1 aromatic heterocycles. The number of hydrogen-bond acceptors (Lipinski definition) is 5. The number of hydrogen-bond donors (Lipinski definition) is 1. The number of amides is 1. The Morgan fingerprint density at radius 1 is 1.17 bits per heavy atom. The van der Waals surface area contributed by atoms with E-state index in [-0.39, 0.29) is 36.4 Å². The highest BCUT2D eigenvalue weighted by atomic mass is 19.1. The van der Waals surface area contributed by atoms with Crippen LogP contribution in [0.4, 0.5) is 4.39 Å². The van der Waals surface area contributed by atoms with E-state index in [1.54, 1.807) is 29.3 Å². The van der Waals surface area contributed by atoms with E-state index in [4.69, 9.17) is 4.74 Å². The topological polar surface area (TPSA) is 65.9 Å². The van der Waals surface area contributed by atoms with Crippen molar-refractivity contribution >= 4 is 5.91 Å². The summed E-state index contributed by atoms with van der Waals surface area (Å²) in [4.78, 5) is 22.2. The monoisotopic (exact) mass is 483 g/mol. The van der Waals surface area contributed by atoms with Crippen molar-refractivity contribution in [1.29, 1.82) is 0 Å². The maximum absolute atomic E-state index is 13.6. The van der Waals surface area contributed by atoms with Gasteiger partial charge in [-0.05, 0) is 56.5 Å². The highest BCUT2D eigenvalue weighted by Crippen LogP contribution is 2.31. The molecule has 2 heterocycles. The molecule has 190 valence electrons. The van der Waals surface area contributed by atoms with Crippen LogP contribution < -0.4 is 4.74 Å². The van der Waals surface area contributed by atoms with E-state index in [0.717, 1.165) is 30.1 Å². The van der Waals surface area contributed by atoms with Crippen LogP contribution in [0.2, 0.25) is 0 Å². The summed E-state index contributed by atoms with van der Waals surface area (Å²) in [6.45, 7) is 6.12. The molecule has 3 atom stereocenters. The highest BCUT2D eigenvalue weighted by Gasteiger charge is 2.34. The molecule has 4 rings (SSSR count). The molecule has 35 heavy (non-hydrogen) atoms. The molecule has 1 aliphatic heterocycles. The second-order valence-corrected chi connectivity index (χ2v) is 10.4. The van der Waals surface area contributed by atoms with Gasteiger partial charge in [0.15, 0.2) is 0 Å². The highest BCUT2D eigenvalue weighted by molar-refractivity contribution is 5.98. The molecule has 1 amide bonds. The molecule has 2 aliphatic rings. The molecule has 0 bridgehead atoms. The molecular formula is C28H38FN3O3. The zero-order chi connectivity index (χ0) is 24.9. The largest absolute Gasteiger partial charge is 0.472 e. The quantitative estimate of drug-likeness (QED) is 0.623. The SMILES string of the molecule is C[C@@H]1CN([C@@H](C)CO)C(=O)c2cc(-c3ccc(F)cc3)cnc2O[C@H]1CN(C)CC1CCCCC1. The first-order chi connectivity index (χ1) is 16.9. The number of rotatable bonds is 7. The zero-order valence-electron chi connectivity index (χ0n) is 21.1. The van der Waals surface area contributed by atoms with Gasteiger partial charge in [-0.2, -0.15) is 0 Å². The third-order valence-corrected chi connectivity index (χ3v) is 7.48. The van der Waals surface area contributed by atoms with Crippen LogP contribution >= 0.6 is 0 Å². The van der Waals surface area contributed by atoms with Crippen LogP contribution in [-0.2, 0) is 0 Å².